The van der Waals surface area contributed by atoms with Crippen molar-refractivity contribution in [1.29, 1.82) is 0 Å². The summed E-state index contributed by atoms with van der Waals surface area (Å²) >= 11 is 11.4. The molecule has 0 amide bonds. The lowest BCUT2D eigenvalue weighted by Crippen LogP contribution is -2.28. The molecule has 308 valence electrons. The van der Waals surface area contributed by atoms with Crippen LogP contribution in [0.1, 0.15) is 0 Å². The number of nitrogens with one attached hydrogen (secondary N) is 5. The molecule has 4 heterocycles. The molecule has 4 aromatic heterocycles. The van der Waals surface area contributed by atoms with Crippen LogP contribution in [0, 0.1) is 0 Å². The zero-order valence-electron chi connectivity index (χ0n) is 30.9. The number of thiazole rings is 2. The van der Waals surface area contributed by atoms with Gasteiger partial charge in [0.25, 0.3) is 0 Å². The van der Waals surface area contributed by atoms with E-state index >= 15 is 0 Å². The van der Waals surface area contributed by atoms with Crippen LogP contribution < -0.4 is 31.1 Å². The zero-order chi connectivity index (χ0) is 41.6. The number of hydrogen-bond acceptors (Lipinski definition) is 20. The molecule has 6 rings (SSSR count). The second-order valence-electron chi connectivity index (χ2n) is 11.2. The molecule has 0 saturated carbocycles. The molecule has 2 atom stereocenters. The Hall–Kier alpha value is -3.53. The number of sulfonamides is 2. The number of aliphatic hydroxyl groups excluding tert-OH is 2. The quantitative estimate of drug-likeness (QED) is 0.0647. The average Bonchev–Trinajstić information content (AvgIpc) is 3.83. The Bertz CT molecular complexity index is 2410. The molecule has 9 N–H and O–H groups in total. The maximum atomic E-state index is 11.9. The summed E-state index contributed by atoms with van der Waals surface area (Å²) in [5.74, 6) is 0.963. The summed E-state index contributed by atoms with van der Waals surface area (Å²) < 4.78 is 53.2. The summed E-state index contributed by atoms with van der Waals surface area (Å²) in [6.45, 7) is 1.16. The van der Waals surface area contributed by atoms with Gasteiger partial charge in [-0.15, -0.1) is 34.9 Å². The van der Waals surface area contributed by atoms with E-state index in [0.29, 0.717) is 39.1 Å². The minimum atomic E-state index is -3.50. The minimum absolute atomic E-state index is 0.189. The zero-order valence-corrected chi connectivity index (χ0v) is 36.5. The topological polar surface area (TPSA) is 272 Å². The van der Waals surface area contributed by atoms with Crippen LogP contribution in [0.25, 0.3) is 20.4 Å². The van der Waals surface area contributed by atoms with E-state index in [1.54, 1.807) is 72.6 Å². The molecule has 25 heteroatoms. The van der Waals surface area contributed by atoms with E-state index < -0.39 is 32.3 Å². The highest BCUT2D eigenvalue weighted by atomic mass is 35.5. The molecule has 2 aromatic carbocycles. The van der Waals surface area contributed by atoms with E-state index in [1.807, 2.05) is 12.5 Å². The van der Waals surface area contributed by atoms with Crippen molar-refractivity contribution < 1.29 is 27.0 Å². The molecule has 18 nitrogen and oxygen atoms in total. The Kier molecular flexibility index (Phi) is 17.8. The first-order valence-corrected chi connectivity index (χ1v) is 24.0. The summed E-state index contributed by atoms with van der Waals surface area (Å²) in [6.07, 6.45) is 9.56. The summed E-state index contributed by atoms with van der Waals surface area (Å²) in [6, 6.07) is 9.46. The molecule has 0 saturated heterocycles. The van der Waals surface area contributed by atoms with Gasteiger partial charge in [0.1, 0.15) is 0 Å². The van der Waals surface area contributed by atoms with Crippen molar-refractivity contribution in [2.24, 2.45) is 5.73 Å². The maximum Gasteiger partial charge on any atom is 0.240 e. The molecule has 0 aliphatic rings. The molecule has 0 aliphatic carbocycles. The molecule has 0 fully saturated rings. The molecular weight excluding hydrogens is 876 g/mol. The van der Waals surface area contributed by atoms with E-state index in [2.05, 4.69) is 55.3 Å². The fraction of sp³-hybridized carbons (Fsp3) is 0.312. The fourth-order valence-corrected chi connectivity index (χ4v) is 8.51. The highest BCUT2D eigenvalue weighted by Gasteiger charge is 2.15. The van der Waals surface area contributed by atoms with Crippen LogP contribution in [0.2, 0.25) is 4.47 Å². The third-order valence-electron chi connectivity index (χ3n) is 7.33. The van der Waals surface area contributed by atoms with Crippen LogP contribution in [0.5, 0.6) is 0 Å². The van der Waals surface area contributed by atoms with Crippen molar-refractivity contribution in [2.45, 2.75) is 31.8 Å². The smallest absolute Gasteiger partial charge is 0.240 e. The summed E-state index contributed by atoms with van der Waals surface area (Å²) in [7, 11) is -4.15. The SMILES string of the molecule is CNS(=O)(=O)c1ccc2nc(Cl)sc2c1.CNS(=O)(=O)c1ccc2nc(NC[C@@H](O)CNc3ncc(SC)cn3)sc2c1.CSc1cnc(NC[C@H](O)CN)nc1. The first-order valence-electron chi connectivity index (χ1n) is 16.5. The average molecular weight is 918 g/mol. The second-order valence-corrected chi connectivity index (χ2v) is 19.4. The number of rotatable bonds is 16. The van der Waals surface area contributed by atoms with E-state index in [9.17, 15) is 27.0 Å². The second kappa shape index (κ2) is 22.0. The van der Waals surface area contributed by atoms with Gasteiger partial charge < -0.3 is 31.9 Å². The number of hydrogen-bond donors (Lipinski definition) is 8. The van der Waals surface area contributed by atoms with Gasteiger partial charge in [0.2, 0.25) is 31.9 Å². The van der Waals surface area contributed by atoms with Crippen molar-refractivity contribution in [2.75, 3.05) is 68.7 Å². The first-order chi connectivity index (χ1) is 27.2. The number of fused-ring (bicyclic) bond motifs is 2. The molecule has 0 unspecified atom stereocenters. The Morgan fingerprint density at radius 3 is 1.60 bits per heavy atom. The van der Waals surface area contributed by atoms with Crippen LogP contribution in [0.4, 0.5) is 17.0 Å². The number of aliphatic hydroxyl groups is 2. The van der Waals surface area contributed by atoms with Crippen molar-refractivity contribution in [3.05, 3.63) is 65.7 Å². The highest BCUT2D eigenvalue weighted by Crippen LogP contribution is 2.29. The maximum absolute atomic E-state index is 11.9. The fourth-order valence-electron chi connectivity index (χ4n) is 4.23. The Morgan fingerprint density at radius 2 is 1.14 bits per heavy atom. The summed E-state index contributed by atoms with van der Waals surface area (Å²) in [5.41, 5.74) is 6.65. The summed E-state index contributed by atoms with van der Waals surface area (Å²) in [5, 5.41) is 28.8. The molecule has 57 heavy (non-hydrogen) atoms. The van der Waals surface area contributed by atoms with Crippen molar-refractivity contribution in [3.63, 3.8) is 0 Å². The Labute approximate surface area is 351 Å². The van der Waals surface area contributed by atoms with Gasteiger partial charge in [0, 0.05) is 60.8 Å². The predicted molar refractivity (Wildman–Crippen MR) is 231 cm³/mol. The van der Waals surface area contributed by atoms with E-state index in [1.165, 1.54) is 48.9 Å². The number of benzene rings is 2. The van der Waals surface area contributed by atoms with E-state index in [0.717, 1.165) is 19.2 Å². The largest absolute Gasteiger partial charge is 0.390 e. The number of aromatic nitrogens is 6. The van der Waals surface area contributed by atoms with Crippen LogP contribution in [-0.2, 0) is 20.0 Å². The molecule has 0 spiro atoms. The number of anilines is 3. The molecule has 0 aliphatic heterocycles. The molecular formula is C32H41ClN12O6S6. The highest BCUT2D eigenvalue weighted by molar-refractivity contribution is 7.98. The van der Waals surface area contributed by atoms with E-state index in [-0.39, 0.29) is 29.4 Å². The normalized spacial score (nSPS) is 12.6. The standard InChI is InChI=1S/C16H20N6O3S3.C8H7ClN2O2S2.C8H14N4OS/c1-17-28(24,25)12-3-4-13-14(5-12)27-16(22-13)21-7-10(23)6-18-15-19-8-11(26-2)9-20-15;1-10-15(12,13)5-2-3-6-7(4-5)14-8(9)11-6;1-14-7-4-11-8(12-5-7)10-3-6(13)2-9/h3-5,8-10,17,23H,6-7H2,1-2H3,(H,21,22)(H,18,19,20);2-4,10H,1H3;4-6,13H,2-3,9H2,1H3,(H,10,11,12)/t10-;;6-/m0.1/s1. The number of nitrogens with zero attached hydrogens (tertiary/aromatic N) is 6. The van der Waals surface area contributed by atoms with E-state index in [4.69, 9.17) is 17.3 Å². The lowest BCUT2D eigenvalue weighted by atomic mass is 10.3. The van der Waals surface area contributed by atoms with Gasteiger partial charge in [-0.05, 0) is 63.0 Å². The molecule has 0 radical (unpaired) electrons. The summed E-state index contributed by atoms with van der Waals surface area (Å²) in [4.78, 5) is 27.3. The number of halogens is 1. The Balaban J connectivity index is 0.000000209. The minimum Gasteiger partial charge on any atom is -0.390 e. The van der Waals surface area contributed by atoms with Crippen molar-refractivity contribution >= 4 is 115 Å². The monoisotopic (exact) mass is 916 g/mol. The van der Waals surface area contributed by atoms with Gasteiger partial charge >= 0.3 is 0 Å². The third kappa shape index (κ3) is 14.1. The van der Waals surface area contributed by atoms with Crippen molar-refractivity contribution in [1.82, 2.24) is 39.3 Å². The lowest BCUT2D eigenvalue weighted by molar-refractivity contribution is 0.196. The van der Waals surface area contributed by atoms with Gasteiger partial charge in [0.15, 0.2) is 9.60 Å². The third-order valence-corrected chi connectivity index (χ3v) is 13.6. The van der Waals surface area contributed by atoms with Gasteiger partial charge in [-0.25, -0.2) is 56.2 Å². The van der Waals surface area contributed by atoms with Gasteiger partial charge in [-0.3, -0.25) is 0 Å². The first kappa shape index (κ1) is 46.2. The van der Waals surface area contributed by atoms with Crippen LogP contribution >= 0.6 is 57.8 Å². The molecule has 0 bridgehead atoms. The molecule has 6 aromatic rings. The van der Waals surface area contributed by atoms with Crippen LogP contribution in [0.15, 0.2) is 80.8 Å². The van der Waals surface area contributed by atoms with Crippen LogP contribution in [-0.4, -0.2) is 122 Å². The Morgan fingerprint density at radius 1 is 0.702 bits per heavy atom. The van der Waals surface area contributed by atoms with Gasteiger partial charge in [-0.1, -0.05) is 22.9 Å². The van der Waals surface area contributed by atoms with Crippen LogP contribution in [0.3, 0.4) is 0 Å². The predicted octanol–water partition coefficient (Wildman–Crippen LogP) is 3.39. The number of thioether (sulfide) groups is 2. The lowest BCUT2D eigenvalue weighted by Gasteiger charge is -2.12. The van der Waals surface area contributed by atoms with Gasteiger partial charge in [-0.2, -0.15) is 0 Å². The van der Waals surface area contributed by atoms with Crippen molar-refractivity contribution in [3.8, 4) is 0 Å². The van der Waals surface area contributed by atoms with Gasteiger partial charge in [0.05, 0.1) is 42.4 Å². The number of nitrogens with two attached hydrogens (primary N) is 1.